The predicted octanol–water partition coefficient (Wildman–Crippen LogP) is 4.99. The Kier molecular flexibility index (Phi) is 4.36. The molecule has 0 saturated heterocycles. The molecule has 3 aromatic carbocycles. The number of hydrogen-bond donors (Lipinski definition) is 0. The molecule has 1 aliphatic rings. The first-order valence-electron chi connectivity index (χ1n) is 8.80. The van der Waals surface area contributed by atoms with E-state index in [2.05, 4.69) is 12.1 Å². The predicted molar refractivity (Wildman–Crippen MR) is 104 cm³/mol. The average molecular weight is 340 g/mol. The molecule has 1 atom stereocenters. The van der Waals surface area contributed by atoms with Crippen molar-refractivity contribution in [2.45, 2.75) is 19.4 Å². The van der Waals surface area contributed by atoms with Crippen LogP contribution < -0.4 is 0 Å². The second-order valence-corrected chi connectivity index (χ2v) is 6.56. The lowest BCUT2D eigenvalue weighted by Crippen LogP contribution is -2.27. The minimum atomic E-state index is -0.0831. The van der Waals surface area contributed by atoms with Crippen molar-refractivity contribution in [1.82, 2.24) is 5.01 Å². The molecule has 128 valence electrons. The lowest BCUT2D eigenvalue weighted by Gasteiger charge is -2.22. The lowest BCUT2D eigenvalue weighted by atomic mass is 9.98. The smallest absolute Gasteiger partial charge is 0.267 e. The minimum Gasteiger partial charge on any atom is -0.267 e. The van der Waals surface area contributed by atoms with Gasteiger partial charge in [-0.25, -0.2) is 5.01 Å². The Morgan fingerprint density at radius 2 is 1.50 bits per heavy atom. The van der Waals surface area contributed by atoms with Crippen LogP contribution in [0.25, 0.3) is 0 Å². The SMILES string of the molecule is Cc1ccc(C(=O)N2N=C(c3ccccc3)C[C@H]2c2ccccc2)cc1. The zero-order valence-electron chi connectivity index (χ0n) is 14.7. The topological polar surface area (TPSA) is 32.7 Å². The van der Waals surface area contributed by atoms with Crippen LogP contribution >= 0.6 is 0 Å². The Morgan fingerprint density at radius 3 is 2.15 bits per heavy atom. The fraction of sp³-hybridized carbons (Fsp3) is 0.130. The van der Waals surface area contributed by atoms with Gasteiger partial charge in [0.05, 0.1) is 11.8 Å². The quantitative estimate of drug-likeness (QED) is 0.661. The summed E-state index contributed by atoms with van der Waals surface area (Å²) in [5, 5.41) is 6.36. The van der Waals surface area contributed by atoms with E-state index in [-0.39, 0.29) is 11.9 Å². The standard InChI is InChI=1S/C23H20N2O/c1-17-12-14-20(15-13-17)23(26)25-22(19-10-6-3-7-11-19)16-21(24-25)18-8-4-2-5-9-18/h2-15,22H,16H2,1H3/t22-/m0/s1. The summed E-state index contributed by atoms with van der Waals surface area (Å²) in [6, 6.07) is 27.8. The molecule has 1 amide bonds. The zero-order chi connectivity index (χ0) is 17.9. The van der Waals surface area contributed by atoms with Gasteiger partial charge in [0.25, 0.3) is 5.91 Å². The molecular formula is C23H20N2O. The third-order valence-electron chi connectivity index (χ3n) is 4.71. The second-order valence-electron chi connectivity index (χ2n) is 6.56. The molecule has 0 N–H and O–H groups in total. The molecule has 1 aliphatic heterocycles. The summed E-state index contributed by atoms with van der Waals surface area (Å²) in [5.74, 6) is -0.0650. The number of nitrogens with zero attached hydrogens (tertiary/aromatic N) is 2. The largest absolute Gasteiger partial charge is 0.274 e. The van der Waals surface area contributed by atoms with Gasteiger partial charge >= 0.3 is 0 Å². The highest BCUT2D eigenvalue weighted by atomic mass is 16.2. The van der Waals surface area contributed by atoms with Gasteiger partial charge in [-0.1, -0.05) is 78.4 Å². The van der Waals surface area contributed by atoms with Crippen LogP contribution in [0.3, 0.4) is 0 Å². The number of carbonyl (C=O) groups is 1. The molecule has 26 heavy (non-hydrogen) atoms. The molecule has 0 fully saturated rings. The average Bonchev–Trinajstić information content (AvgIpc) is 3.15. The van der Waals surface area contributed by atoms with Crippen LogP contribution in [-0.4, -0.2) is 16.6 Å². The Bertz CT molecular complexity index is 931. The van der Waals surface area contributed by atoms with Crippen molar-refractivity contribution < 1.29 is 4.79 Å². The molecule has 1 heterocycles. The molecule has 4 rings (SSSR count). The van der Waals surface area contributed by atoms with E-state index in [9.17, 15) is 4.79 Å². The number of hydrazone groups is 1. The highest BCUT2D eigenvalue weighted by Gasteiger charge is 2.33. The van der Waals surface area contributed by atoms with Crippen molar-refractivity contribution in [3.05, 3.63) is 107 Å². The summed E-state index contributed by atoms with van der Waals surface area (Å²) in [5.41, 5.74) is 4.90. The Morgan fingerprint density at radius 1 is 0.885 bits per heavy atom. The number of rotatable bonds is 3. The molecule has 0 spiro atoms. The van der Waals surface area contributed by atoms with Crippen molar-refractivity contribution in [3.63, 3.8) is 0 Å². The molecule has 0 unspecified atom stereocenters. The van der Waals surface area contributed by atoms with Gasteiger partial charge in [-0.2, -0.15) is 5.10 Å². The molecule has 3 heteroatoms. The fourth-order valence-corrected chi connectivity index (χ4v) is 3.27. The molecular weight excluding hydrogens is 320 g/mol. The second kappa shape index (κ2) is 6.96. The van der Waals surface area contributed by atoms with E-state index in [1.165, 1.54) is 0 Å². The monoisotopic (exact) mass is 340 g/mol. The highest BCUT2D eigenvalue weighted by Crippen LogP contribution is 2.33. The van der Waals surface area contributed by atoms with E-state index in [0.717, 1.165) is 22.4 Å². The van der Waals surface area contributed by atoms with Crippen LogP contribution in [0.4, 0.5) is 0 Å². The Labute approximate surface area is 153 Å². The Balaban J connectivity index is 1.72. The van der Waals surface area contributed by atoms with Crippen LogP contribution in [-0.2, 0) is 0 Å². The van der Waals surface area contributed by atoms with Crippen molar-refractivity contribution in [1.29, 1.82) is 0 Å². The van der Waals surface area contributed by atoms with Gasteiger partial charge < -0.3 is 0 Å². The normalized spacial score (nSPS) is 16.4. The van der Waals surface area contributed by atoms with E-state index >= 15 is 0 Å². The maximum absolute atomic E-state index is 13.1. The van der Waals surface area contributed by atoms with Gasteiger partial charge in [-0.3, -0.25) is 4.79 Å². The van der Waals surface area contributed by atoms with Gasteiger partial charge in [0.15, 0.2) is 0 Å². The van der Waals surface area contributed by atoms with Gasteiger partial charge in [0, 0.05) is 12.0 Å². The summed E-state index contributed by atoms with van der Waals surface area (Å²) in [6.45, 7) is 2.02. The number of carbonyl (C=O) groups excluding carboxylic acids is 1. The van der Waals surface area contributed by atoms with E-state index in [1.807, 2.05) is 79.7 Å². The van der Waals surface area contributed by atoms with Crippen LogP contribution in [0.2, 0.25) is 0 Å². The van der Waals surface area contributed by atoms with E-state index < -0.39 is 0 Å². The summed E-state index contributed by atoms with van der Waals surface area (Å²) < 4.78 is 0. The molecule has 3 nitrogen and oxygen atoms in total. The lowest BCUT2D eigenvalue weighted by molar-refractivity contribution is 0.0711. The van der Waals surface area contributed by atoms with Crippen LogP contribution in [0.15, 0.2) is 90.0 Å². The summed E-state index contributed by atoms with van der Waals surface area (Å²) in [6.07, 6.45) is 0.714. The van der Waals surface area contributed by atoms with Crippen LogP contribution in [0, 0.1) is 6.92 Å². The molecule has 0 saturated carbocycles. The molecule has 0 radical (unpaired) electrons. The summed E-state index contributed by atoms with van der Waals surface area (Å²) >= 11 is 0. The van der Waals surface area contributed by atoms with Crippen molar-refractivity contribution >= 4 is 11.6 Å². The van der Waals surface area contributed by atoms with Gasteiger partial charge in [0.1, 0.15) is 0 Å². The molecule has 0 bridgehead atoms. The van der Waals surface area contributed by atoms with Gasteiger partial charge in [0.2, 0.25) is 0 Å². The molecule has 3 aromatic rings. The number of benzene rings is 3. The van der Waals surface area contributed by atoms with Crippen LogP contribution in [0.1, 0.15) is 39.5 Å². The minimum absolute atomic E-state index is 0.0650. The third-order valence-corrected chi connectivity index (χ3v) is 4.71. The highest BCUT2D eigenvalue weighted by molar-refractivity contribution is 6.05. The number of amides is 1. The summed E-state index contributed by atoms with van der Waals surface area (Å²) in [7, 11) is 0. The third kappa shape index (κ3) is 3.16. The first-order chi connectivity index (χ1) is 12.7. The van der Waals surface area contributed by atoms with Gasteiger partial charge in [-0.15, -0.1) is 0 Å². The maximum Gasteiger partial charge on any atom is 0.274 e. The first kappa shape index (κ1) is 16.3. The number of hydrogen-bond acceptors (Lipinski definition) is 2. The van der Waals surface area contributed by atoms with Crippen molar-refractivity contribution in [3.8, 4) is 0 Å². The fourth-order valence-electron chi connectivity index (χ4n) is 3.27. The maximum atomic E-state index is 13.1. The van der Waals surface area contributed by atoms with Crippen molar-refractivity contribution in [2.24, 2.45) is 5.10 Å². The number of aryl methyl sites for hydroxylation is 1. The van der Waals surface area contributed by atoms with Gasteiger partial charge in [-0.05, 0) is 30.2 Å². The van der Waals surface area contributed by atoms with E-state index in [4.69, 9.17) is 5.10 Å². The Hall–Kier alpha value is -3.20. The molecule has 0 aliphatic carbocycles. The van der Waals surface area contributed by atoms with Crippen LogP contribution in [0.5, 0.6) is 0 Å². The van der Waals surface area contributed by atoms with E-state index in [0.29, 0.717) is 12.0 Å². The zero-order valence-corrected chi connectivity index (χ0v) is 14.7. The first-order valence-corrected chi connectivity index (χ1v) is 8.80. The van der Waals surface area contributed by atoms with E-state index in [1.54, 1.807) is 5.01 Å². The van der Waals surface area contributed by atoms with Crippen molar-refractivity contribution in [2.75, 3.05) is 0 Å². The molecule has 0 aromatic heterocycles. The summed E-state index contributed by atoms with van der Waals surface area (Å²) in [4.78, 5) is 13.1.